The summed E-state index contributed by atoms with van der Waals surface area (Å²) in [5.74, 6) is 2.04. The van der Waals surface area contributed by atoms with E-state index in [1.54, 1.807) is 12.1 Å². The maximum atomic E-state index is 12.9. The van der Waals surface area contributed by atoms with Crippen LogP contribution in [0.25, 0.3) is 0 Å². The summed E-state index contributed by atoms with van der Waals surface area (Å²) < 4.78 is 18.9. The minimum absolute atomic E-state index is 0.204. The van der Waals surface area contributed by atoms with Gasteiger partial charge in [0, 0.05) is 31.2 Å². The lowest BCUT2D eigenvalue weighted by Gasteiger charge is -2.22. The number of aromatic nitrogens is 2. The zero-order valence-corrected chi connectivity index (χ0v) is 14.9. The number of hydrogen-bond acceptors (Lipinski definition) is 5. The predicted octanol–water partition coefficient (Wildman–Crippen LogP) is 3.21. The smallest absolute Gasteiger partial charge is 0.213 e. The molecule has 0 aromatic carbocycles. The van der Waals surface area contributed by atoms with Gasteiger partial charge in [-0.05, 0) is 48.9 Å². The van der Waals surface area contributed by atoms with Crippen molar-refractivity contribution in [3.05, 3.63) is 48.3 Å². The lowest BCUT2D eigenvalue weighted by Crippen LogP contribution is -2.28. The van der Waals surface area contributed by atoms with E-state index in [2.05, 4.69) is 21.8 Å². The Morgan fingerprint density at radius 3 is 2.54 bits per heavy atom. The van der Waals surface area contributed by atoms with Gasteiger partial charge < -0.3 is 14.7 Å². The molecule has 0 bridgehead atoms. The van der Waals surface area contributed by atoms with E-state index in [4.69, 9.17) is 4.74 Å². The highest BCUT2D eigenvalue weighted by molar-refractivity contribution is 5.20. The number of ether oxygens (including phenoxy) is 1. The first-order valence-electron chi connectivity index (χ1n) is 9.22. The molecule has 2 unspecified atom stereocenters. The number of rotatable bonds is 5. The van der Waals surface area contributed by atoms with Gasteiger partial charge in [-0.15, -0.1) is 0 Å². The van der Waals surface area contributed by atoms with Gasteiger partial charge in [-0.1, -0.05) is 6.92 Å². The zero-order chi connectivity index (χ0) is 18.1. The molecule has 6 heteroatoms. The third-order valence-electron chi connectivity index (χ3n) is 5.59. The van der Waals surface area contributed by atoms with Crippen LogP contribution in [0.4, 0.5) is 4.39 Å². The van der Waals surface area contributed by atoms with Gasteiger partial charge in [0.05, 0.1) is 18.5 Å². The van der Waals surface area contributed by atoms with E-state index in [0.29, 0.717) is 23.5 Å². The van der Waals surface area contributed by atoms with Gasteiger partial charge in [0.25, 0.3) is 0 Å². The van der Waals surface area contributed by atoms with Crippen LogP contribution in [0.1, 0.15) is 31.4 Å². The van der Waals surface area contributed by atoms with Gasteiger partial charge in [0.1, 0.15) is 11.5 Å². The fourth-order valence-electron chi connectivity index (χ4n) is 4.38. The summed E-state index contributed by atoms with van der Waals surface area (Å²) in [6, 6.07) is 6.59. The van der Waals surface area contributed by atoms with E-state index in [9.17, 15) is 9.50 Å². The van der Waals surface area contributed by atoms with Crippen LogP contribution in [0.15, 0.2) is 36.7 Å². The van der Waals surface area contributed by atoms with E-state index < -0.39 is 5.95 Å². The standard InChI is InChI=1S/C20H24FN3O2/c1-13(19-4-2-16(25)8-22-19)10-24-11-14-6-18(7-15(14)12-24)26-17-3-5-20(21)23-9-17/h2-5,8-9,13-15,18,25H,6-7,10-12H2,1H3/t13?,14-,15+,18?. The first kappa shape index (κ1) is 17.2. The predicted molar refractivity (Wildman–Crippen MR) is 95.6 cm³/mol. The van der Waals surface area contributed by atoms with Crippen molar-refractivity contribution in [2.24, 2.45) is 11.8 Å². The molecule has 2 aromatic rings. The summed E-state index contributed by atoms with van der Waals surface area (Å²) in [6.07, 6.45) is 5.27. The van der Waals surface area contributed by atoms with E-state index in [1.807, 2.05) is 6.07 Å². The van der Waals surface area contributed by atoms with Crippen molar-refractivity contribution in [2.75, 3.05) is 19.6 Å². The molecule has 0 amide bonds. The molecule has 0 radical (unpaired) electrons. The fourth-order valence-corrected chi connectivity index (χ4v) is 4.38. The summed E-state index contributed by atoms with van der Waals surface area (Å²) >= 11 is 0. The Kier molecular flexibility index (Phi) is 4.76. The van der Waals surface area contributed by atoms with Gasteiger partial charge in [-0.2, -0.15) is 4.39 Å². The fraction of sp³-hybridized carbons (Fsp3) is 0.500. The Labute approximate surface area is 152 Å². The Bertz CT molecular complexity index is 724. The van der Waals surface area contributed by atoms with Gasteiger partial charge in [0.2, 0.25) is 5.95 Å². The Morgan fingerprint density at radius 1 is 1.15 bits per heavy atom. The quantitative estimate of drug-likeness (QED) is 0.833. The number of nitrogens with zero attached hydrogens (tertiary/aromatic N) is 3. The topological polar surface area (TPSA) is 58.5 Å². The summed E-state index contributed by atoms with van der Waals surface area (Å²) in [7, 11) is 0. The van der Waals surface area contributed by atoms with E-state index >= 15 is 0 Å². The Morgan fingerprint density at radius 2 is 1.92 bits per heavy atom. The first-order valence-corrected chi connectivity index (χ1v) is 9.22. The van der Waals surface area contributed by atoms with Crippen LogP contribution in [-0.4, -0.2) is 45.7 Å². The van der Waals surface area contributed by atoms with E-state index in [1.165, 1.54) is 18.5 Å². The lowest BCUT2D eigenvalue weighted by atomic mass is 10.0. The van der Waals surface area contributed by atoms with Crippen molar-refractivity contribution in [1.29, 1.82) is 0 Å². The molecule has 1 saturated heterocycles. The lowest BCUT2D eigenvalue weighted by molar-refractivity contribution is 0.183. The van der Waals surface area contributed by atoms with Gasteiger partial charge >= 0.3 is 0 Å². The number of pyridine rings is 2. The molecule has 1 N–H and O–H groups in total. The van der Waals surface area contributed by atoms with Crippen molar-refractivity contribution in [1.82, 2.24) is 14.9 Å². The number of hydrogen-bond donors (Lipinski definition) is 1. The maximum Gasteiger partial charge on any atom is 0.213 e. The van der Waals surface area contributed by atoms with Crippen molar-refractivity contribution in [2.45, 2.75) is 31.8 Å². The molecule has 1 aliphatic carbocycles. The highest BCUT2D eigenvalue weighted by Crippen LogP contribution is 2.40. The molecule has 1 aliphatic heterocycles. The minimum atomic E-state index is -0.478. The SMILES string of the molecule is CC(CN1C[C@H]2CC(Oc3ccc(F)nc3)C[C@H]2C1)c1ccc(O)cn1. The average molecular weight is 357 g/mol. The van der Waals surface area contributed by atoms with E-state index in [-0.39, 0.29) is 11.9 Å². The summed E-state index contributed by atoms with van der Waals surface area (Å²) in [4.78, 5) is 10.5. The zero-order valence-electron chi connectivity index (χ0n) is 14.9. The average Bonchev–Trinajstić information content (AvgIpc) is 3.15. The third kappa shape index (κ3) is 3.80. The molecule has 2 fully saturated rings. The number of likely N-dealkylation sites (tertiary alicyclic amines) is 1. The van der Waals surface area contributed by atoms with Gasteiger partial charge in [-0.25, -0.2) is 4.98 Å². The normalized spacial score (nSPS) is 26.6. The van der Waals surface area contributed by atoms with Crippen LogP contribution in [0.3, 0.4) is 0 Å². The Balaban J connectivity index is 1.28. The molecule has 4 atom stereocenters. The van der Waals surface area contributed by atoms with Gasteiger partial charge in [0.15, 0.2) is 0 Å². The van der Waals surface area contributed by atoms with Crippen molar-refractivity contribution >= 4 is 0 Å². The second-order valence-corrected chi connectivity index (χ2v) is 7.61. The molecule has 2 aromatic heterocycles. The number of fused-ring (bicyclic) bond motifs is 1. The van der Waals surface area contributed by atoms with Crippen LogP contribution in [-0.2, 0) is 0 Å². The van der Waals surface area contributed by atoms with Crippen molar-refractivity contribution in [3.63, 3.8) is 0 Å². The monoisotopic (exact) mass is 357 g/mol. The van der Waals surface area contributed by atoms with Crippen LogP contribution < -0.4 is 4.74 Å². The molecule has 5 nitrogen and oxygen atoms in total. The molecular formula is C20H24FN3O2. The van der Waals surface area contributed by atoms with Crippen LogP contribution in [0.5, 0.6) is 11.5 Å². The third-order valence-corrected chi connectivity index (χ3v) is 5.59. The Hall–Kier alpha value is -2.21. The highest BCUT2D eigenvalue weighted by Gasteiger charge is 2.42. The van der Waals surface area contributed by atoms with Crippen LogP contribution in [0.2, 0.25) is 0 Å². The summed E-state index contributed by atoms with van der Waals surface area (Å²) in [5.41, 5.74) is 1.02. The van der Waals surface area contributed by atoms with Crippen LogP contribution in [0, 0.1) is 17.8 Å². The first-order chi connectivity index (χ1) is 12.6. The molecule has 3 heterocycles. The number of halogens is 1. The minimum Gasteiger partial charge on any atom is -0.506 e. The van der Waals surface area contributed by atoms with E-state index in [0.717, 1.165) is 38.2 Å². The molecule has 2 aliphatic rings. The number of aromatic hydroxyl groups is 1. The highest BCUT2D eigenvalue weighted by atomic mass is 19.1. The molecule has 138 valence electrons. The molecule has 4 rings (SSSR count). The second kappa shape index (κ2) is 7.19. The van der Waals surface area contributed by atoms with Gasteiger partial charge in [-0.3, -0.25) is 4.98 Å². The molecule has 1 saturated carbocycles. The summed E-state index contributed by atoms with van der Waals surface area (Å²) in [6.45, 7) is 5.35. The maximum absolute atomic E-state index is 12.9. The van der Waals surface area contributed by atoms with Crippen molar-refractivity contribution in [3.8, 4) is 11.5 Å². The second-order valence-electron chi connectivity index (χ2n) is 7.61. The van der Waals surface area contributed by atoms with Crippen molar-refractivity contribution < 1.29 is 14.2 Å². The largest absolute Gasteiger partial charge is 0.506 e. The van der Waals surface area contributed by atoms with Crippen LogP contribution >= 0.6 is 0 Å². The molecule has 0 spiro atoms. The molecule has 26 heavy (non-hydrogen) atoms. The summed E-state index contributed by atoms with van der Waals surface area (Å²) in [5, 5.41) is 9.37. The molecular weight excluding hydrogens is 333 g/mol.